The molecule has 0 aliphatic carbocycles. The third kappa shape index (κ3) is 4.11. The zero-order valence-electron chi connectivity index (χ0n) is 13.9. The number of amides is 1. The van der Waals surface area contributed by atoms with Crippen LogP contribution in [0.15, 0.2) is 46.0 Å². The van der Waals surface area contributed by atoms with Gasteiger partial charge < -0.3 is 5.73 Å². The maximum Gasteiger partial charge on any atom is 0.252 e. The van der Waals surface area contributed by atoms with Crippen molar-refractivity contribution < 1.29 is 13.2 Å². The second-order valence-corrected chi connectivity index (χ2v) is 9.34. The first kappa shape index (κ1) is 18.1. The van der Waals surface area contributed by atoms with Crippen LogP contribution in [0.2, 0.25) is 0 Å². The Morgan fingerprint density at radius 3 is 2.68 bits per heavy atom. The van der Waals surface area contributed by atoms with Gasteiger partial charge in [0.15, 0.2) is 0 Å². The predicted molar refractivity (Wildman–Crippen MR) is 99.1 cm³/mol. The lowest BCUT2D eigenvalue weighted by molar-refractivity contribution is 0.100. The average Bonchev–Trinajstić information content (AvgIpc) is 3.12. The Labute approximate surface area is 152 Å². The van der Waals surface area contributed by atoms with E-state index in [0.29, 0.717) is 6.54 Å². The quantitative estimate of drug-likeness (QED) is 0.839. The van der Waals surface area contributed by atoms with Crippen LogP contribution in [0.25, 0.3) is 0 Å². The summed E-state index contributed by atoms with van der Waals surface area (Å²) in [5.74, 6) is -0.600. The van der Waals surface area contributed by atoms with Gasteiger partial charge in [0.1, 0.15) is 4.21 Å². The first-order chi connectivity index (χ1) is 12.0. The van der Waals surface area contributed by atoms with E-state index in [1.165, 1.54) is 17.0 Å². The van der Waals surface area contributed by atoms with Gasteiger partial charge in [-0.2, -0.15) is 4.31 Å². The molecule has 1 amide bonds. The fraction of sp³-hybridized carbons (Fsp3) is 0.389. The number of primary amides is 1. The van der Waals surface area contributed by atoms with E-state index < -0.39 is 15.9 Å². The summed E-state index contributed by atoms with van der Waals surface area (Å²) in [5, 5.41) is 1.51. The zero-order valence-corrected chi connectivity index (χ0v) is 15.6. The first-order valence-corrected chi connectivity index (χ1v) is 10.7. The average molecular weight is 379 g/mol. The molecule has 1 saturated heterocycles. The number of nitrogens with zero attached hydrogens (tertiary/aromatic N) is 1. The van der Waals surface area contributed by atoms with Crippen LogP contribution in [0.4, 0.5) is 0 Å². The number of sulfonamides is 1. The monoisotopic (exact) mass is 378 g/mol. The Bertz CT molecular complexity index is 831. The van der Waals surface area contributed by atoms with E-state index in [0.717, 1.165) is 43.4 Å². The molecule has 2 heterocycles. The smallest absolute Gasteiger partial charge is 0.252 e. The molecule has 5 nitrogen and oxygen atoms in total. The van der Waals surface area contributed by atoms with E-state index in [1.807, 2.05) is 18.2 Å². The van der Waals surface area contributed by atoms with Gasteiger partial charge in [0.25, 0.3) is 10.0 Å². The van der Waals surface area contributed by atoms with Crippen molar-refractivity contribution in [2.75, 3.05) is 6.54 Å². The molecule has 0 radical (unpaired) electrons. The van der Waals surface area contributed by atoms with E-state index in [9.17, 15) is 13.2 Å². The minimum absolute atomic E-state index is 0.00177. The molecule has 0 saturated carbocycles. The first-order valence-electron chi connectivity index (χ1n) is 8.42. The lowest BCUT2D eigenvalue weighted by atomic mass is 9.98. The van der Waals surface area contributed by atoms with Crippen LogP contribution in [-0.2, 0) is 16.4 Å². The molecule has 25 heavy (non-hydrogen) atoms. The normalized spacial score (nSPS) is 19.0. The summed E-state index contributed by atoms with van der Waals surface area (Å²) in [4.78, 5) is 11.3. The third-order valence-electron chi connectivity index (χ3n) is 4.61. The zero-order chi connectivity index (χ0) is 17.9. The number of benzene rings is 1. The Morgan fingerprint density at radius 1 is 1.24 bits per heavy atom. The number of piperidine rings is 1. The molecule has 1 fully saturated rings. The van der Waals surface area contributed by atoms with Gasteiger partial charge in [0, 0.05) is 18.0 Å². The number of thiophene rings is 1. The van der Waals surface area contributed by atoms with Gasteiger partial charge in [-0.15, -0.1) is 11.3 Å². The van der Waals surface area contributed by atoms with Crippen molar-refractivity contribution in [1.82, 2.24) is 4.31 Å². The van der Waals surface area contributed by atoms with Crippen LogP contribution in [0.5, 0.6) is 0 Å². The fourth-order valence-electron chi connectivity index (χ4n) is 3.25. The molecule has 1 unspecified atom stereocenters. The summed E-state index contributed by atoms with van der Waals surface area (Å²) in [6.45, 7) is 0.533. The molecule has 0 spiro atoms. The van der Waals surface area contributed by atoms with Gasteiger partial charge in [-0.25, -0.2) is 8.42 Å². The minimum atomic E-state index is -3.58. The molecule has 1 aromatic heterocycles. The summed E-state index contributed by atoms with van der Waals surface area (Å²) in [6, 6.07) is 11.5. The second kappa shape index (κ2) is 7.68. The Hall–Kier alpha value is -1.70. The summed E-state index contributed by atoms with van der Waals surface area (Å²) >= 11 is 1.06. The van der Waals surface area contributed by atoms with Crippen LogP contribution in [-0.4, -0.2) is 31.2 Å². The molecular weight excluding hydrogens is 356 g/mol. The van der Waals surface area contributed by atoms with Crippen LogP contribution < -0.4 is 5.73 Å². The number of hydrogen-bond donors (Lipinski definition) is 1. The summed E-state index contributed by atoms with van der Waals surface area (Å²) in [7, 11) is -3.58. The van der Waals surface area contributed by atoms with Gasteiger partial charge in [-0.3, -0.25) is 4.79 Å². The van der Waals surface area contributed by atoms with Crippen molar-refractivity contribution in [3.05, 3.63) is 52.9 Å². The maximum atomic E-state index is 13.0. The van der Waals surface area contributed by atoms with E-state index in [2.05, 4.69) is 12.1 Å². The maximum absolute atomic E-state index is 13.0. The third-order valence-corrected chi connectivity index (χ3v) is 7.97. The van der Waals surface area contributed by atoms with Gasteiger partial charge in [-0.1, -0.05) is 36.8 Å². The molecule has 1 aliphatic rings. The molecule has 1 atom stereocenters. The van der Waals surface area contributed by atoms with Gasteiger partial charge in [-0.05, 0) is 37.3 Å². The number of nitrogens with two attached hydrogens (primary N) is 1. The lowest BCUT2D eigenvalue weighted by Gasteiger charge is -2.34. The van der Waals surface area contributed by atoms with Crippen LogP contribution in [0.3, 0.4) is 0 Å². The van der Waals surface area contributed by atoms with E-state index in [-0.39, 0.29) is 15.8 Å². The van der Waals surface area contributed by atoms with E-state index in [1.54, 1.807) is 4.31 Å². The highest BCUT2D eigenvalue weighted by Crippen LogP contribution is 2.31. The summed E-state index contributed by atoms with van der Waals surface area (Å²) < 4.78 is 27.9. The molecule has 2 aromatic rings. The van der Waals surface area contributed by atoms with Crippen molar-refractivity contribution in [2.24, 2.45) is 5.73 Å². The summed E-state index contributed by atoms with van der Waals surface area (Å²) in [5.41, 5.74) is 6.72. The number of aryl methyl sites for hydroxylation is 1. The fourth-order valence-corrected chi connectivity index (χ4v) is 6.27. The molecular formula is C18H22N2O3S2. The lowest BCUT2D eigenvalue weighted by Crippen LogP contribution is -2.43. The number of carbonyl (C=O) groups is 1. The van der Waals surface area contributed by atoms with Crippen molar-refractivity contribution in [3.63, 3.8) is 0 Å². The van der Waals surface area contributed by atoms with Gasteiger partial charge in [0.2, 0.25) is 5.91 Å². The molecule has 134 valence electrons. The molecule has 7 heteroatoms. The Kier molecular flexibility index (Phi) is 5.56. The molecule has 1 aliphatic heterocycles. The van der Waals surface area contributed by atoms with Gasteiger partial charge in [0.05, 0.1) is 5.56 Å². The molecule has 0 bridgehead atoms. The van der Waals surface area contributed by atoms with E-state index >= 15 is 0 Å². The number of carbonyl (C=O) groups excluding carboxylic acids is 1. The Balaban J connectivity index is 1.78. The summed E-state index contributed by atoms with van der Waals surface area (Å²) in [6.07, 6.45) is 4.45. The molecule has 3 rings (SSSR count). The van der Waals surface area contributed by atoms with Gasteiger partial charge >= 0.3 is 0 Å². The SMILES string of the molecule is NC(=O)c1csc(S(=O)(=O)N2CCCCC2CCc2ccccc2)c1. The van der Waals surface area contributed by atoms with E-state index in [4.69, 9.17) is 5.73 Å². The van der Waals surface area contributed by atoms with Crippen molar-refractivity contribution in [2.45, 2.75) is 42.4 Å². The number of rotatable bonds is 6. The van der Waals surface area contributed by atoms with Crippen LogP contribution in [0, 0.1) is 0 Å². The van der Waals surface area contributed by atoms with Crippen LogP contribution in [0.1, 0.15) is 41.6 Å². The standard InChI is InChI=1S/C18H22N2O3S2/c19-18(21)15-12-17(24-13-15)25(22,23)20-11-5-4-8-16(20)10-9-14-6-2-1-3-7-14/h1-3,6-7,12-13,16H,4-5,8-11H2,(H2,19,21). The van der Waals surface area contributed by atoms with Crippen molar-refractivity contribution >= 4 is 27.3 Å². The largest absolute Gasteiger partial charge is 0.366 e. The van der Waals surface area contributed by atoms with Crippen molar-refractivity contribution in [3.8, 4) is 0 Å². The predicted octanol–water partition coefficient (Wildman–Crippen LogP) is 3.02. The topological polar surface area (TPSA) is 80.5 Å². The van der Waals surface area contributed by atoms with Crippen LogP contribution >= 0.6 is 11.3 Å². The Morgan fingerprint density at radius 2 is 2.00 bits per heavy atom. The second-order valence-electron chi connectivity index (χ2n) is 6.31. The highest BCUT2D eigenvalue weighted by atomic mass is 32.2. The molecule has 1 aromatic carbocycles. The van der Waals surface area contributed by atoms with Crippen molar-refractivity contribution in [1.29, 1.82) is 0 Å². The number of hydrogen-bond acceptors (Lipinski definition) is 4. The highest BCUT2D eigenvalue weighted by Gasteiger charge is 2.34. The molecule has 2 N–H and O–H groups in total. The minimum Gasteiger partial charge on any atom is -0.366 e. The highest BCUT2D eigenvalue weighted by molar-refractivity contribution is 7.91.